The number of likely N-dealkylation sites (tertiary alicyclic amines) is 1. The lowest BCUT2D eigenvalue weighted by atomic mass is 9.55. The number of phenols is 1. The molecule has 0 unspecified atom stereocenters. The second-order valence-corrected chi connectivity index (χ2v) is 7.40. The van der Waals surface area contributed by atoms with Crippen LogP contribution in [0.2, 0.25) is 0 Å². The number of rotatable bonds is 2. The molecule has 26 heavy (non-hydrogen) atoms. The molecule has 1 aromatic carbocycles. The first kappa shape index (κ1) is 17.3. The number of hydrogen-bond acceptors (Lipinski definition) is 5. The summed E-state index contributed by atoms with van der Waals surface area (Å²) < 4.78 is 5.86. The van der Waals surface area contributed by atoms with Crippen molar-refractivity contribution in [3.05, 3.63) is 40.9 Å². The van der Waals surface area contributed by atoms with Gasteiger partial charge in [-0.1, -0.05) is 24.6 Å². The monoisotopic (exact) mass is 355 g/mol. The molecule has 2 amide bonds. The summed E-state index contributed by atoms with van der Waals surface area (Å²) in [5.41, 5.74) is 2.66. The predicted octanol–water partition coefficient (Wildman–Crippen LogP) is 1.83. The Hall–Kier alpha value is -2.12. The zero-order valence-corrected chi connectivity index (χ0v) is 14.9. The number of carbonyl (C=O) groups excluding carboxylic acids is 2. The smallest absolute Gasteiger partial charge is 0.487 e. The van der Waals surface area contributed by atoms with Gasteiger partial charge in [-0.05, 0) is 48.3 Å². The summed E-state index contributed by atoms with van der Waals surface area (Å²) in [4.78, 5) is 26.5. The molecule has 0 saturated carbocycles. The van der Waals surface area contributed by atoms with Gasteiger partial charge in [-0.15, -0.1) is 0 Å². The minimum atomic E-state index is -1.07. The van der Waals surface area contributed by atoms with Gasteiger partial charge in [0.2, 0.25) is 11.8 Å². The Labute approximate surface area is 152 Å². The SMILES string of the molecule is CCC1=C2B(O)O[C@H](c3ccc(O)cc3)C[C@H]2[C@H]2C(=O)N(C)C(=O)[C@H]2C1. The number of allylic oxidation sites excluding steroid dienone is 2. The summed E-state index contributed by atoms with van der Waals surface area (Å²) in [7, 11) is 0.471. The Kier molecular flexibility index (Phi) is 4.16. The predicted molar refractivity (Wildman–Crippen MR) is 94.7 cm³/mol. The number of imide groups is 1. The zero-order chi connectivity index (χ0) is 18.6. The molecule has 0 bridgehead atoms. The normalized spacial score (nSPS) is 31.3. The number of amides is 2. The maximum absolute atomic E-state index is 12.7. The van der Waals surface area contributed by atoms with Crippen molar-refractivity contribution in [3.63, 3.8) is 0 Å². The second kappa shape index (κ2) is 6.25. The molecule has 4 atom stereocenters. The molecule has 1 aliphatic carbocycles. The van der Waals surface area contributed by atoms with Crippen LogP contribution in [0.15, 0.2) is 35.3 Å². The third kappa shape index (κ3) is 2.49. The number of phenolic OH excluding ortho intramolecular Hbond substituents is 1. The molecule has 4 rings (SSSR count). The van der Waals surface area contributed by atoms with E-state index in [-0.39, 0.29) is 35.5 Å². The summed E-state index contributed by atoms with van der Waals surface area (Å²) in [6, 6.07) is 6.68. The van der Waals surface area contributed by atoms with Crippen LogP contribution >= 0.6 is 0 Å². The lowest BCUT2D eigenvalue weighted by Crippen LogP contribution is -2.44. The van der Waals surface area contributed by atoms with Crippen LogP contribution in [-0.2, 0) is 14.2 Å². The van der Waals surface area contributed by atoms with Crippen LogP contribution in [0.25, 0.3) is 0 Å². The molecule has 6 nitrogen and oxygen atoms in total. The average Bonchev–Trinajstić information content (AvgIpc) is 2.85. The number of hydrogen-bond donors (Lipinski definition) is 2. The summed E-state index contributed by atoms with van der Waals surface area (Å²) in [5.74, 6) is -1.07. The molecule has 2 saturated heterocycles. The Morgan fingerprint density at radius 1 is 1.19 bits per heavy atom. The van der Waals surface area contributed by atoms with Gasteiger partial charge in [-0.3, -0.25) is 14.5 Å². The van der Waals surface area contributed by atoms with E-state index < -0.39 is 13.0 Å². The topological polar surface area (TPSA) is 87.1 Å². The van der Waals surface area contributed by atoms with Gasteiger partial charge in [0.25, 0.3) is 0 Å². The van der Waals surface area contributed by atoms with Crippen molar-refractivity contribution in [2.45, 2.75) is 32.3 Å². The van der Waals surface area contributed by atoms with Gasteiger partial charge in [0.15, 0.2) is 0 Å². The fourth-order valence-electron chi connectivity index (χ4n) is 4.81. The molecule has 7 heteroatoms. The fourth-order valence-corrected chi connectivity index (χ4v) is 4.81. The van der Waals surface area contributed by atoms with Gasteiger partial charge >= 0.3 is 7.12 Å². The lowest BCUT2D eigenvalue weighted by Gasteiger charge is -2.42. The van der Waals surface area contributed by atoms with Crippen LogP contribution in [0.4, 0.5) is 0 Å². The summed E-state index contributed by atoms with van der Waals surface area (Å²) >= 11 is 0. The zero-order valence-electron chi connectivity index (χ0n) is 14.9. The van der Waals surface area contributed by atoms with Gasteiger partial charge in [0.05, 0.1) is 17.9 Å². The first-order valence-electron chi connectivity index (χ1n) is 9.08. The maximum atomic E-state index is 12.7. The van der Waals surface area contributed by atoms with E-state index in [0.717, 1.165) is 23.0 Å². The van der Waals surface area contributed by atoms with Crippen LogP contribution in [0.1, 0.15) is 37.9 Å². The Morgan fingerprint density at radius 2 is 1.88 bits per heavy atom. The number of carbonyl (C=O) groups is 2. The van der Waals surface area contributed by atoms with E-state index in [1.165, 1.54) is 4.90 Å². The standard InChI is InChI=1S/C19H22BNO5/c1-3-10-8-14-16(19(24)21(2)18(14)23)13-9-15(26-20(25)17(10)13)11-4-6-12(22)7-5-11/h4-7,13-16,22,25H,3,8-9H2,1-2H3/t13-,14-,15-,16+/m0/s1. The minimum absolute atomic E-state index is 0.118. The van der Waals surface area contributed by atoms with Gasteiger partial charge in [0, 0.05) is 7.05 Å². The highest BCUT2D eigenvalue weighted by molar-refractivity contribution is 6.53. The third-order valence-electron chi connectivity index (χ3n) is 6.12. The van der Waals surface area contributed by atoms with E-state index in [0.29, 0.717) is 12.8 Å². The van der Waals surface area contributed by atoms with Crippen LogP contribution in [0.5, 0.6) is 5.75 Å². The Morgan fingerprint density at radius 3 is 2.54 bits per heavy atom. The minimum Gasteiger partial charge on any atom is -0.508 e. The lowest BCUT2D eigenvalue weighted by molar-refractivity contribution is -0.138. The van der Waals surface area contributed by atoms with E-state index in [4.69, 9.17) is 4.65 Å². The molecule has 2 fully saturated rings. The molecule has 0 radical (unpaired) electrons. The summed E-state index contributed by atoms with van der Waals surface area (Å²) in [5, 5.41) is 20.2. The number of aromatic hydroxyl groups is 1. The van der Waals surface area contributed by atoms with E-state index in [1.54, 1.807) is 31.3 Å². The number of fused-ring (bicyclic) bond motifs is 3. The van der Waals surface area contributed by atoms with E-state index in [2.05, 4.69) is 0 Å². The molecular formula is C19H22BNO5. The van der Waals surface area contributed by atoms with Crippen molar-refractivity contribution in [2.24, 2.45) is 17.8 Å². The highest BCUT2D eigenvalue weighted by Crippen LogP contribution is 2.51. The first-order valence-corrected chi connectivity index (χ1v) is 9.08. The number of nitrogens with zero attached hydrogens (tertiary/aromatic N) is 1. The van der Waals surface area contributed by atoms with E-state index >= 15 is 0 Å². The van der Waals surface area contributed by atoms with Crippen LogP contribution < -0.4 is 0 Å². The highest BCUT2D eigenvalue weighted by atomic mass is 16.5. The molecule has 3 aliphatic rings. The van der Waals surface area contributed by atoms with Crippen molar-refractivity contribution in [1.82, 2.24) is 4.90 Å². The van der Waals surface area contributed by atoms with Crippen molar-refractivity contribution in [3.8, 4) is 5.75 Å². The molecule has 0 aromatic heterocycles. The first-order chi connectivity index (χ1) is 12.4. The quantitative estimate of drug-likeness (QED) is 0.624. The molecule has 1 aromatic rings. The van der Waals surface area contributed by atoms with Gasteiger partial charge < -0.3 is 14.8 Å². The highest BCUT2D eigenvalue weighted by Gasteiger charge is 2.56. The van der Waals surface area contributed by atoms with E-state index in [1.807, 2.05) is 6.92 Å². The number of benzene rings is 1. The molecular weight excluding hydrogens is 333 g/mol. The Balaban J connectivity index is 1.73. The molecule has 2 aliphatic heterocycles. The van der Waals surface area contributed by atoms with Gasteiger partial charge in [-0.25, -0.2) is 0 Å². The third-order valence-corrected chi connectivity index (χ3v) is 6.12. The van der Waals surface area contributed by atoms with Crippen molar-refractivity contribution in [2.75, 3.05) is 7.05 Å². The van der Waals surface area contributed by atoms with Crippen molar-refractivity contribution < 1.29 is 24.4 Å². The van der Waals surface area contributed by atoms with Crippen molar-refractivity contribution in [1.29, 1.82) is 0 Å². The van der Waals surface area contributed by atoms with Crippen LogP contribution in [0.3, 0.4) is 0 Å². The molecule has 136 valence electrons. The van der Waals surface area contributed by atoms with Crippen LogP contribution in [0, 0.1) is 17.8 Å². The fraction of sp³-hybridized carbons (Fsp3) is 0.474. The maximum Gasteiger partial charge on any atom is 0.487 e. The summed E-state index contributed by atoms with van der Waals surface area (Å²) in [6.07, 6.45) is 1.40. The average molecular weight is 355 g/mol. The van der Waals surface area contributed by atoms with Gasteiger partial charge in [0.1, 0.15) is 5.75 Å². The second-order valence-electron chi connectivity index (χ2n) is 7.40. The van der Waals surface area contributed by atoms with Crippen molar-refractivity contribution >= 4 is 18.9 Å². The van der Waals surface area contributed by atoms with Gasteiger partial charge in [-0.2, -0.15) is 0 Å². The van der Waals surface area contributed by atoms with E-state index in [9.17, 15) is 19.7 Å². The largest absolute Gasteiger partial charge is 0.508 e. The molecule has 0 spiro atoms. The molecule has 2 heterocycles. The summed E-state index contributed by atoms with van der Waals surface area (Å²) in [6.45, 7) is 2.00. The molecule has 2 N–H and O–H groups in total. The Bertz CT molecular complexity index is 790. The van der Waals surface area contributed by atoms with Crippen LogP contribution in [-0.4, -0.2) is 41.0 Å².